The predicted octanol–water partition coefficient (Wildman–Crippen LogP) is -0.671. The average Bonchev–Trinajstić information content (AvgIpc) is 2.42. The van der Waals surface area contributed by atoms with Gasteiger partial charge in [-0.25, -0.2) is 9.59 Å². The van der Waals surface area contributed by atoms with Crippen molar-refractivity contribution in [2.24, 2.45) is 17.2 Å². The normalized spacial score (nSPS) is 11.7. The summed E-state index contributed by atoms with van der Waals surface area (Å²) in [6.45, 7) is 0.538. The molecule has 0 aromatic rings. The summed E-state index contributed by atoms with van der Waals surface area (Å²) in [5, 5.41) is 23.7. The number of nitrogens with two attached hydrogens (primary N) is 3. The molecule has 0 aliphatic heterocycles. The van der Waals surface area contributed by atoms with Gasteiger partial charge < -0.3 is 32.7 Å². The maximum Gasteiger partial charge on any atom is 0.490 e. The predicted molar refractivity (Wildman–Crippen MR) is 73.7 cm³/mol. The van der Waals surface area contributed by atoms with Crippen molar-refractivity contribution in [3.8, 4) is 0 Å². The van der Waals surface area contributed by atoms with Crippen molar-refractivity contribution in [3.63, 3.8) is 0 Å². The van der Waals surface area contributed by atoms with Gasteiger partial charge in [-0.2, -0.15) is 26.3 Å². The molecule has 0 radical (unpaired) electrons. The zero-order valence-electron chi connectivity index (χ0n) is 12.8. The summed E-state index contributed by atoms with van der Waals surface area (Å²) < 4.78 is 63.5. The van der Waals surface area contributed by atoms with Gasteiger partial charge in [0, 0.05) is 6.54 Å². The number of rotatable bonds is 5. The second kappa shape index (κ2) is 12.6. The molecule has 16 heteroatoms. The first-order valence-electron chi connectivity index (χ1n) is 6.15. The summed E-state index contributed by atoms with van der Waals surface area (Å²) in [5.74, 6) is -6.10. The Labute approximate surface area is 141 Å². The number of primary amides is 1. The molecule has 0 aromatic carbocycles. The Kier molecular flexibility index (Phi) is 13.5. The average molecular weight is 401 g/mol. The van der Waals surface area contributed by atoms with Gasteiger partial charge in [0.1, 0.15) is 0 Å². The molecule has 10 N–H and O–H groups in total. The lowest BCUT2D eigenvalue weighted by atomic mass is 10.1. The molecule has 0 saturated carbocycles. The molecule has 10 nitrogen and oxygen atoms in total. The molecule has 0 aliphatic carbocycles. The van der Waals surface area contributed by atoms with Crippen LogP contribution in [-0.2, 0) is 14.4 Å². The van der Waals surface area contributed by atoms with E-state index < -0.39 is 36.2 Å². The Morgan fingerprint density at radius 3 is 1.46 bits per heavy atom. The molecule has 26 heavy (non-hydrogen) atoms. The lowest BCUT2D eigenvalue weighted by molar-refractivity contribution is -0.193. The molecule has 1 amide bonds. The van der Waals surface area contributed by atoms with Gasteiger partial charge in [0.2, 0.25) is 5.91 Å². The zero-order valence-corrected chi connectivity index (χ0v) is 12.8. The Morgan fingerprint density at radius 1 is 0.962 bits per heavy atom. The molecule has 0 heterocycles. The van der Waals surface area contributed by atoms with Crippen LogP contribution in [0.4, 0.5) is 26.3 Å². The standard InChI is InChI=1S/C6H15N5O.2C2HF3O2/c7-4(5(8)12)2-1-3-11-6(9)10;2*3-2(4,5)1(6)7/h4H,1-3,7H2,(H2,8,12)(H4,9,10,11);2*(H,6,7)/t4-;;/m0../s1. The highest BCUT2D eigenvalue weighted by molar-refractivity contribution is 5.79. The molecule has 0 unspecified atom stereocenters. The lowest BCUT2D eigenvalue weighted by Gasteiger charge is -2.07. The number of carboxylic acids is 2. The Balaban J connectivity index is -0.000000326. The molecule has 0 fully saturated rings. The Bertz CT molecular complexity index is 458. The number of carboxylic acid groups (broad SMARTS) is 2. The number of hydrogen-bond acceptors (Lipinski definition) is 5. The van der Waals surface area contributed by atoms with Crippen LogP contribution in [0, 0.1) is 5.41 Å². The lowest BCUT2D eigenvalue weighted by Crippen LogP contribution is -2.37. The van der Waals surface area contributed by atoms with Crippen LogP contribution >= 0.6 is 0 Å². The van der Waals surface area contributed by atoms with E-state index in [-0.39, 0.29) is 5.96 Å². The fourth-order valence-electron chi connectivity index (χ4n) is 0.687. The minimum atomic E-state index is -5.08. The number of aliphatic carboxylic acids is 2. The fourth-order valence-corrected chi connectivity index (χ4v) is 0.687. The molecule has 0 rings (SSSR count). The summed E-state index contributed by atoms with van der Waals surface area (Å²) in [6, 6.07) is -0.598. The minimum absolute atomic E-state index is 0.0809. The third-order valence-corrected chi connectivity index (χ3v) is 1.86. The molecule has 154 valence electrons. The van der Waals surface area contributed by atoms with Crippen LogP contribution in [0.1, 0.15) is 12.8 Å². The number of amides is 1. The molecular formula is C10H17F6N5O5. The van der Waals surface area contributed by atoms with Crippen molar-refractivity contribution in [2.75, 3.05) is 6.54 Å². The van der Waals surface area contributed by atoms with E-state index in [0.29, 0.717) is 19.4 Å². The van der Waals surface area contributed by atoms with E-state index in [2.05, 4.69) is 5.32 Å². The van der Waals surface area contributed by atoms with Gasteiger partial charge in [-0.1, -0.05) is 0 Å². The molecule has 0 aromatic heterocycles. The van der Waals surface area contributed by atoms with Crippen LogP contribution in [0.2, 0.25) is 0 Å². The Hall–Kier alpha value is -2.78. The van der Waals surface area contributed by atoms with E-state index in [4.69, 9.17) is 42.4 Å². The fraction of sp³-hybridized carbons (Fsp3) is 0.600. The van der Waals surface area contributed by atoms with Crippen LogP contribution in [0.25, 0.3) is 0 Å². The number of carbonyl (C=O) groups is 3. The molecule has 0 saturated heterocycles. The number of halogens is 6. The van der Waals surface area contributed by atoms with Gasteiger partial charge in [0.05, 0.1) is 6.04 Å². The van der Waals surface area contributed by atoms with Crippen molar-refractivity contribution in [1.29, 1.82) is 5.41 Å². The molecule has 1 atom stereocenters. The van der Waals surface area contributed by atoms with Crippen molar-refractivity contribution in [1.82, 2.24) is 5.32 Å². The van der Waals surface area contributed by atoms with Crippen molar-refractivity contribution in [3.05, 3.63) is 0 Å². The first kappa shape index (κ1) is 28.0. The minimum Gasteiger partial charge on any atom is -0.475 e. The van der Waals surface area contributed by atoms with Gasteiger partial charge in [0.25, 0.3) is 0 Å². The van der Waals surface area contributed by atoms with Gasteiger partial charge in [0.15, 0.2) is 5.96 Å². The summed E-state index contributed by atoms with van der Waals surface area (Å²) in [4.78, 5) is 28.2. The van der Waals surface area contributed by atoms with Crippen molar-refractivity contribution < 1.29 is 50.9 Å². The smallest absolute Gasteiger partial charge is 0.475 e. The monoisotopic (exact) mass is 401 g/mol. The van der Waals surface area contributed by atoms with Crippen LogP contribution < -0.4 is 22.5 Å². The highest BCUT2D eigenvalue weighted by Crippen LogP contribution is 2.13. The second-order valence-electron chi connectivity index (χ2n) is 4.10. The quantitative estimate of drug-likeness (QED) is 0.136. The number of alkyl halides is 6. The summed E-state index contributed by atoms with van der Waals surface area (Å²) in [7, 11) is 0. The van der Waals surface area contributed by atoms with E-state index >= 15 is 0 Å². The highest BCUT2D eigenvalue weighted by Gasteiger charge is 2.38. The molecule has 0 aliphatic rings. The summed E-state index contributed by atoms with van der Waals surface area (Å²) in [6.07, 6.45) is -8.99. The topological polar surface area (TPSA) is 206 Å². The number of carbonyl (C=O) groups excluding carboxylic acids is 1. The van der Waals surface area contributed by atoms with Gasteiger partial charge in [-0.15, -0.1) is 0 Å². The summed E-state index contributed by atoms with van der Waals surface area (Å²) in [5.41, 5.74) is 15.3. The maximum absolute atomic E-state index is 10.6. The first-order chi connectivity index (χ1) is 11.4. The number of nitrogens with one attached hydrogen (secondary N) is 2. The molecule has 0 spiro atoms. The van der Waals surface area contributed by atoms with Crippen LogP contribution in [0.5, 0.6) is 0 Å². The largest absolute Gasteiger partial charge is 0.490 e. The van der Waals surface area contributed by atoms with Gasteiger partial charge in [-0.05, 0) is 12.8 Å². The van der Waals surface area contributed by atoms with E-state index in [1.165, 1.54) is 0 Å². The van der Waals surface area contributed by atoms with E-state index in [9.17, 15) is 31.1 Å². The molecular weight excluding hydrogens is 384 g/mol. The van der Waals surface area contributed by atoms with E-state index in [0.717, 1.165) is 0 Å². The van der Waals surface area contributed by atoms with E-state index in [1.807, 2.05) is 0 Å². The van der Waals surface area contributed by atoms with Crippen LogP contribution in [0.15, 0.2) is 0 Å². The zero-order chi connectivity index (χ0) is 21.7. The van der Waals surface area contributed by atoms with Gasteiger partial charge in [-0.3, -0.25) is 10.2 Å². The number of guanidine groups is 1. The Morgan fingerprint density at radius 2 is 1.27 bits per heavy atom. The first-order valence-corrected chi connectivity index (χ1v) is 6.15. The number of hydrogen-bond donors (Lipinski definition) is 7. The van der Waals surface area contributed by atoms with Crippen molar-refractivity contribution in [2.45, 2.75) is 31.2 Å². The van der Waals surface area contributed by atoms with Gasteiger partial charge >= 0.3 is 24.3 Å². The van der Waals surface area contributed by atoms with Crippen molar-refractivity contribution >= 4 is 23.8 Å². The SMILES string of the molecule is N=C(N)NCCC[C@H](N)C(N)=O.O=C(O)C(F)(F)F.O=C(O)C(F)(F)F. The summed E-state index contributed by atoms with van der Waals surface area (Å²) >= 11 is 0. The highest BCUT2D eigenvalue weighted by atomic mass is 19.4. The molecule has 0 bridgehead atoms. The third kappa shape index (κ3) is 21.2. The van der Waals surface area contributed by atoms with Crippen LogP contribution in [0.3, 0.4) is 0 Å². The van der Waals surface area contributed by atoms with Crippen LogP contribution in [-0.4, -0.2) is 59.0 Å². The van der Waals surface area contributed by atoms with E-state index in [1.54, 1.807) is 0 Å². The maximum atomic E-state index is 10.6. The third-order valence-electron chi connectivity index (χ3n) is 1.86. The second-order valence-corrected chi connectivity index (χ2v) is 4.10.